The van der Waals surface area contributed by atoms with Crippen LogP contribution in [0.3, 0.4) is 0 Å². The number of hydrogen-bond acceptors (Lipinski definition) is 1. The molecule has 1 nitrogen and oxygen atoms in total. The summed E-state index contributed by atoms with van der Waals surface area (Å²) in [5, 5.41) is 0. The minimum Gasteiger partial charge on any atom is -0.493 e. The van der Waals surface area contributed by atoms with Crippen molar-refractivity contribution in [2.45, 2.75) is 6.92 Å². The SMILES string of the molecule is CCOc1ccc(F)c(I)c1I. The van der Waals surface area contributed by atoms with Crippen molar-refractivity contribution in [3.8, 4) is 5.75 Å². The van der Waals surface area contributed by atoms with E-state index >= 15 is 0 Å². The molecule has 1 rings (SSSR count). The van der Waals surface area contributed by atoms with Gasteiger partial charge in [0.2, 0.25) is 0 Å². The molecule has 0 aliphatic rings. The number of hydrogen-bond donors (Lipinski definition) is 0. The van der Waals surface area contributed by atoms with Crippen LogP contribution in [0.25, 0.3) is 0 Å². The van der Waals surface area contributed by atoms with Crippen molar-refractivity contribution in [3.63, 3.8) is 0 Å². The van der Waals surface area contributed by atoms with E-state index in [0.29, 0.717) is 10.2 Å². The van der Waals surface area contributed by atoms with Crippen LogP contribution < -0.4 is 4.74 Å². The fourth-order valence-corrected chi connectivity index (χ4v) is 1.81. The summed E-state index contributed by atoms with van der Waals surface area (Å²) in [6, 6.07) is 3.08. The molecule has 0 saturated carbocycles. The summed E-state index contributed by atoms with van der Waals surface area (Å²) in [6.45, 7) is 2.52. The fraction of sp³-hybridized carbons (Fsp3) is 0.250. The van der Waals surface area contributed by atoms with Crippen molar-refractivity contribution in [2.24, 2.45) is 0 Å². The lowest BCUT2D eigenvalue weighted by molar-refractivity contribution is 0.336. The second-order valence-corrected chi connectivity index (χ2v) is 4.26. The minimum atomic E-state index is -0.191. The lowest BCUT2D eigenvalue weighted by atomic mass is 10.3. The predicted molar refractivity (Wildman–Crippen MR) is 63.0 cm³/mol. The van der Waals surface area contributed by atoms with Gasteiger partial charge < -0.3 is 4.74 Å². The summed E-state index contributed by atoms with van der Waals surface area (Å²) >= 11 is 4.05. The van der Waals surface area contributed by atoms with Gasteiger partial charge in [-0.3, -0.25) is 0 Å². The van der Waals surface area contributed by atoms with Gasteiger partial charge in [0.05, 0.1) is 13.7 Å². The molecule has 0 aromatic heterocycles. The molecular weight excluding hydrogens is 385 g/mol. The molecule has 1 aromatic rings. The topological polar surface area (TPSA) is 9.23 Å². The summed E-state index contributed by atoms with van der Waals surface area (Å²) in [4.78, 5) is 0. The second kappa shape index (κ2) is 4.59. The first-order valence-corrected chi connectivity index (χ1v) is 5.59. The highest BCUT2D eigenvalue weighted by Gasteiger charge is 2.08. The molecule has 0 unspecified atom stereocenters. The monoisotopic (exact) mass is 392 g/mol. The van der Waals surface area contributed by atoms with Gasteiger partial charge in [0.15, 0.2) is 0 Å². The lowest BCUT2D eigenvalue weighted by Gasteiger charge is -2.06. The Morgan fingerprint density at radius 1 is 1.33 bits per heavy atom. The van der Waals surface area contributed by atoms with Crippen LogP contribution in [0.15, 0.2) is 12.1 Å². The zero-order valence-electron chi connectivity index (χ0n) is 6.40. The highest BCUT2D eigenvalue weighted by Crippen LogP contribution is 2.27. The molecule has 0 aliphatic heterocycles. The molecule has 0 heterocycles. The molecule has 4 heteroatoms. The summed E-state index contributed by atoms with van der Waals surface area (Å²) in [5.74, 6) is 0.562. The van der Waals surface area contributed by atoms with Crippen LogP contribution >= 0.6 is 45.2 Å². The predicted octanol–water partition coefficient (Wildman–Crippen LogP) is 3.43. The molecule has 0 spiro atoms. The van der Waals surface area contributed by atoms with E-state index in [0.717, 1.165) is 9.32 Å². The molecule has 0 atom stereocenters. The third-order valence-electron chi connectivity index (χ3n) is 1.30. The van der Waals surface area contributed by atoms with E-state index < -0.39 is 0 Å². The second-order valence-electron chi connectivity index (χ2n) is 2.11. The summed E-state index contributed by atoms with van der Waals surface area (Å²) in [5.41, 5.74) is 0. The van der Waals surface area contributed by atoms with Gasteiger partial charge in [-0.15, -0.1) is 0 Å². The van der Waals surface area contributed by atoms with Crippen molar-refractivity contribution in [1.29, 1.82) is 0 Å². The molecular formula is C8H7FI2O. The zero-order valence-corrected chi connectivity index (χ0v) is 10.7. The van der Waals surface area contributed by atoms with Crippen LogP contribution in [0.5, 0.6) is 5.75 Å². The van der Waals surface area contributed by atoms with E-state index in [1.165, 1.54) is 6.07 Å². The molecule has 66 valence electrons. The zero-order chi connectivity index (χ0) is 9.14. The van der Waals surface area contributed by atoms with E-state index in [1.54, 1.807) is 6.07 Å². The number of rotatable bonds is 2. The Morgan fingerprint density at radius 3 is 2.58 bits per heavy atom. The molecule has 12 heavy (non-hydrogen) atoms. The van der Waals surface area contributed by atoms with E-state index in [-0.39, 0.29) is 5.82 Å². The quantitative estimate of drug-likeness (QED) is 0.554. The largest absolute Gasteiger partial charge is 0.493 e. The first-order chi connectivity index (χ1) is 5.66. The molecule has 0 fully saturated rings. The fourth-order valence-electron chi connectivity index (χ4n) is 0.775. The number of halogens is 3. The summed E-state index contributed by atoms with van der Waals surface area (Å²) in [6.07, 6.45) is 0. The van der Waals surface area contributed by atoms with Gasteiger partial charge in [-0.1, -0.05) is 0 Å². The van der Waals surface area contributed by atoms with E-state index in [4.69, 9.17) is 4.74 Å². The Kier molecular flexibility index (Phi) is 4.01. The molecule has 1 aromatic carbocycles. The summed E-state index contributed by atoms with van der Waals surface area (Å²) in [7, 11) is 0. The van der Waals surface area contributed by atoms with Gasteiger partial charge >= 0.3 is 0 Å². The van der Waals surface area contributed by atoms with E-state index in [9.17, 15) is 4.39 Å². The van der Waals surface area contributed by atoms with Crippen molar-refractivity contribution in [2.75, 3.05) is 6.61 Å². The van der Waals surface area contributed by atoms with Crippen molar-refractivity contribution < 1.29 is 9.13 Å². The summed E-state index contributed by atoms with van der Waals surface area (Å²) < 4.78 is 19.7. The lowest BCUT2D eigenvalue weighted by Crippen LogP contribution is -1.96. The normalized spacial score (nSPS) is 10.0. The average Bonchev–Trinajstić information content (AvgIpc) is 2.07. The molecule has 0 N–H and O–H groups in total. The minimum absolute atomic E-state index is 0.191. The van der Waals surface area contributed by atoms with Gasteiger partial charge in [-0.2, -0.15) is 0 Å². The van der Waals surface area contributed by atoms with E-state index in [2.05, 4.69) is 22.6 Å². The van der Waals surface area contributed by atoms with Crippen LogP contribution in [0.1, 0.15) is 6.92 Å². The maximum Gasteiger partial charge on any atom is 0.137 e. The smallest absolute Gasteiger partial charge is 0.137 e. The number of benzene rings is 1. The van der Waals surface area contributed by atoms with Gasteiger partial charge in [-0.25, -0.2) is 4.39 Å². The first kappa shape index (κ1) is 10.5. The van der Waals surface area contributed by atoms with Crippen LogP contribution in [0.4, 0.5) is 4.39 Å². The van der Waals surface area contributed by atoms with Crippen LogP contribution in [0, 0.1) is 13.0 Å². The standard InChI is InChI=1S/C8H7FI2O/c1-2-12-6-4-3-5(9)7(10)8(6)11/h3-4H,2H2,1H3. The first-order valence-electron chi connectivity index (χ1n) is 3.43. The highest BCUT2D eigenvalue weighted by atomic mass is 127. The Balaban J connectivity index is 3.08. The van der Waals surface area contributed by atoms with Crippen LogP contribution in [0.2, 0.25) is 0 Å². The van der Waals surface area contributed by atoms with Gasteiger partial charge in [0.1, 0.15) is 11.6 Å². The van der Waals surface area contributed by atoms with Gasteiger partial charge in [0, 0.05) is 0 Å². The molecule has 0 aliphatic carbocycles. The van der Waals surface area contributed by atoms with Crippen molar-refractivity contribution in [1.82, 2.24) is 0 Å². The Hall–Kier alpha value is 0.410. The maximum absolute atomic E-state index is 12.9. The van der Waals surface area contributed by atoms with Crippen molar-refractivity contribution >= 4 is 45.2 Å². The van der Waals surface area contributed by atoms with Crippen LogP contribution in [-0.2, 0) is 0 Å². The molecule has 0 bridgehead atoms. The van der Waals surface area contributed by atoms with Crippen LogP contribution in [-0.4, -0.2) is 6.61 Å². The molecule has 0 saturated heterocycles. The Morgan fingerprint density at radius 2 is 2.00 bits per heavy atom. The Labute approximate surface area is 98.0 Å². The third-order valence-corrected chi connectivity index (χ3v) is 4.46. The number of ether oxygens (including phenoxy) is 1. The third kappa shape index (κ3) is 2.21. The maximum atomic E-state index is 12.9. The van der Waals surface area contributed by atoms with E-state index in [1.807, 2.05) is 29.5 Å². The van der Waals surface area contributed by atoms with Crippen molar-refractivity contribution in [3.05, 3.63) is 25.1 Å². The molecule has 0 radical (unpaired) electrons. The van der Waals surface area contributed by atoms with Gasteiger partial charge in [-0.05, 0) is 64.2 Å². The van der Waals surface area contributed by atoms with Gasteiger partial charge in [0.25, 0.3) is 0 Å². The highest BCUT2D eigenvalue weighted by molar-refractivity contribution is 14.1. The molecule has 0 amide bonds. The average molecular weight is 392 g/mol. The Bertz CT molecular complexity index is 289.